The average molecular weight is 364 g/mol. The van der Waals surface area contributed by atoms with Gasteiger partial charge in [-0.2, -0.15) is 0 Å². The monoisotopic (exact) mass is 364 g/mol. The van der Waals surface area contributed by atoms with E-state index in [9.17, 15) is 14.0 Å². The molecule has 3 aromatic carbocycles. The smallest absolute Gasteiger partial charge is 0.242 e. The highest BCUT2D eigenvalue weighted by Gasteiger charge is 2.12. The van der Waals surface area contributed by atoms with Gasteiger partial charge >= 0.3 is 0 Å². The van der Waals surface area contributed by atoms with E-state index in [-0.39, 0.29) is 30.6 Å². The standard InChI is InChI=1S/C22H21FN2O2/c1-25(15-16-9-11-19(23)12-10-16)22(27)14-24-21(26)13-18-7-4-6-17-5-2-3-8-20(17)18/h2-12H,13-15H2,1H3,(H,24,26). The molecule has 0 saturated heterocycles. The highest BCUT2D eigenvalue weighted by molar-refractivity contribution is 5.91. The van der Waals surface area contributed by atoms with Gasteiger partial charge in [-0.05, 0) is 34.0 Å². The number of fused-ring (bicyclic) bond motifs is 1. The van der Waals surface area contributed by atoms with Crippen molar-refractivity contribution >= 4 is 22.6 Å². The van der Waals surface area contributed by atoms with Crippen molar-refractivity contribution < 1.29 is 14.0 Å². The zero-order valence-corrected chi connectivity index (χ0v) is 15.1. The summed E-state index contributed by atoms with van der Waals surface area (Å²) < 4.78 is 12.9. The highest BCUT2D eigenvalue weighted by atomic mass is 19.1. The van der Waals surface area contributed by atoms with Gasteiger partial charge in [-0.3, -0.25) is 9.59 Å². The van der Waals surface area contributed by atoms with Gasteiger partial charge in [0.15, 0.2) is 0 Å². The molecule has 0 fully saturated rings. The Morgan fingerprint density at radius 1 is 0.963 bits per heavy atom. The summed E-state index contributed by atoms with van der Waals surface area (Å²) in [5.74, 6) is -0.714. The Kier molecular flexibility index (Phi) is 5.81. The second kappa shape index (κ2) is 8.45. The third-order valence-electron chi connectivity index (χ3n) is 4.43. The van der Waals surface area contributed by atoms with Crippen molar-refractivity contribution in [2.75, 3.05) is 13.6 Å². The van der Waals surface area contributed by atoms with Gasteiger partial charge in [0.25, 0.3) is 0 Å². The number of hydrogen-bond acceptors (Lipinski definition) is 2. The van der Waals surface area contributed by atoms with Crippen LogP contribution in [0, 0.1) is 5.82 Å². The molecule has 0 aliphatic heterocycles. The Hall–Kier alpha value is -3.21. The maximum atomic E-state index is 12.9. The molecule has 0 unspecified atom stereocenters. The number of carbonyl (C=O) groups is 2. The van der Waals surface area contributed by atoms with E-state index in [4.69, 9.17) is 0 Å². The first kappa shape index (κ1) is 18.6. The van der Waals surface area contributed by atoms with Crippen LogP contribution in [-0.4, -0.2) is 30.3 Å². The lowest BCUT2D eigenvalue weighted by Crippen LogP contribution is -2.38. The summed E-state index contributed by atoms with van der Waals surface area (Å²) in [5.41, 5.74) is 1.76. The fraction of sp³-hybridized carbons (Fsp3) is 0.182. The number of rotatable bonds is 6. The van der Waals surface area contributed by atoms with E-state index in [1.165, 1.54) is 17.0 Å². The summed E-state index contributed by atoms with van der Waals surface area (Å²) in [6.45, 7) is 0.291. The predicted octanol–water partition coefficient (Wildman–Crippen LogP) is 3.30. The molecule has 0 spiro atoms. The first-order chi connectivity index (χ1) is 13.0. The van der Waals surface area contributed by atoms with Gasteiger partial charge in [0, 0.05) is 13.6 Å². The lowest BCUT2D eigenvalue weighted by molar-refractivity contribution is -0.132. The normalized spacial score (nSPS) is 10.6. The van der Waals surface area contributed by atoms with Gasteiger partial charge in [0.05, 0.1) is 13.0 Å². The van der Waals surface area contributed by atoms with Gasteiger partial charge in [-0.15, -0.1) is 0 Å². The Morgan fingerprint density at radius 2 is 1.67 bits per heavy atom. The van der Waals surface area contributed by atoms with Crippen molar-refractivity contribution in [2.45, 2.75) is 13.0 Å². The van der Waals surface area contributed by atoms with Crippen LogP contribution < -0.4 is 5.32 Å². The number of benzene rings is 3. The molecule has 0 heterocycles. The molecule has 1 N–H and O–H groups in total. The minimum Gasteiger partial charge on any atom is -0.347 e. The van der Waals surface area contributed by atoms with Gasteiger partial charge in [-0.1, -0.05) is 54.6 Å². The van der Waals surface area contributed by atoms with Crippen LogP contribution >= 0.6 is 0 Å². The number of nitrogens with zero attached hydrogens (tertiary/aromatic N) is 1. The number of carbonyl (C=O) groups excluding carboxylic acids is 2. The first-order valence-electron chi connectivity index (χ1n) is 8.74. The molecule has 0 atom stereocenters. The molecule has 4 nitrogen and oxygen atoms in total. The van der Waals surface area contributed by atoms with Gasteiger partial charge < -0.3 is 10.2 Å². The molecule has 27 heavy (non-hydrogen) atoms. The van der Waals surface area contributed by atoms with Gasteiger partial charge in [0.1, 0.15) is 5.82 Å². The van der Waals surface area contributed by atoms with E-state index in [1.807, 2.05) is 42.5 Å². The van der Waals surface area contributed by atoms with Gasteiger partial charge in [0.2, 0.25) is 11.8 Å². The third-order valence-corrected chi connectivity index (χ3v) is 4.43. The predicted molar refractivity (Wildman–Crippen MR) is 104 cm³/mol. The van der Waals surface area contributed by atoms with Crippen molar-refractivity contribution in [1.29, 1.82) is 0 Å². The van der Waals surface area contributed by atoms with Crippen LogP contribution in [0.3, 0.4) is 0 Å². The van der Waals surface area contributed by atoms with Crippen LogP contribution in [0.4, 0.5) is 4.39 Å². The molecule has 0 aliphatic rings. The molecular formula is C22H21FN2O2. The fourth-order valence-electron chi connectivity index (χ4n) is 2.94. The molecule has 0 radical (unpaired) electrons. The first-order valence-corrected chi connectivity index (χ1v) is 8.74. The Morgan fingerprint density at radius 3 is 2.44 bits per heavy atom. The van der Waals surface area contributed by atoms with Crippen molar-refractivity contribution in [1.82, 2.24) is 10.2 Å². The van der Waals surface area contributed by atoms with E-state index in [0.29, 0.717) is 6.54 Å². The molecule has 5 heteroatoms. The highest BCUT2D eigenvalue weighted by Crippen LogP contribution is 2.18. The number of amides is 2. The Balaban J connectivity index is 1.53. The lowest BCUT2D eigenvalue weighted by atomic mass is 10.0. The van der Waals surface area contributed by atoms with Crippen LogP contribution in [0.1, 0.15) is 11.1 Å². The van der Waals surface area contributed by atoms with Crippen LogP contribution in [0.15, 0.2) is 66.7 Å². The van der Waals surface area contributed by atoms with E-state index in [1.54, 1.807) is 19.2 Å². The Bertz CT molecular complexity index is 949. The number of halogens is 1. The van der Waals surface area contributed by atoms with Crippen LogP contribution in [-0.2, 0) is 22.6 Å². The van der Waals surface area contributed by atoms with Crippen molar-refractivity contribution in [2.24, 2.45) is 0 Å². The van der Waals surface area contributed by atoms with E-state index >= 15 is 0 Å². The van der Waals surface area contributed by atoms with Crippen LogP contribution in [0.25, 0.3) is 10.8 Å². The molecule has 138 valence electrons. The molecule has 0 aliphatic carbocycles. The molecule has 3 aromatic rings. The van der Waals surface area contributed by atoms with Crippen LogP contribution in [0.2, 0.25) is 0 Å². The zero-order chi connectivity index (χ0) is 19.2. The summed E-state index contributed by atoms with van der Waals surface area (Å²) in [7, 11) is 1.66. The number of nitrogens with one attached hydrogen (secondary N) is 1. The summed E-state index contributed by atoms with van der Waals surface area (Å²) >= 11 is 0. The maximum Gasteiger partial charge on any atom is 0.242 e. The van der Waals surface area contributed by atoms with Crippen molar-refractivity contribution in [3.63, 3.8) is 0 Å². The minimum atomic E-state index is -0.312. The van der Waals surface area contributed by atoms with Crippen molar-refractivity contribution in [3.05, 3.63) is 83.7 Å². The van der Waals surface area contributed by atoms with E-state index in [2.05, 4.69) is 5.32 Å². The quantitative estimate of drug-likeness (QED) is 0.730. The summed E-state index contributed by atoms with van der Waals surface area (Å²) in [6, 6.07) is 19.7. The maximum absolute atomic E-state index is 12.9. The van der Waals surface area contributed by atoms with Gasteiger partial charge in [-0.25, -0.2) is 4.39 Å². The SMILES string of the molecule is CN(Cc1ccc(F)cc1)C(=O)CNC(=O)Cc1cccc2ccccc12. The van der Waals surface area contributed by atoms with Crippen LogP contribution in [0.5, 0.6) is 0 Å². The molecule has 3 rings (SSSR count). The summed E-state index contributed by atoms with van der Waals surface area (Å²) in [4.78, 5) is 26.0. The molecule has 0 bridgehead atoms. The van der Waals surface area contributed by atoms with Crippen molar-refractivity contribution in [3.8, 4) is 0 Å². The molecular weight excluding hydrogens is 343 g/mol. The average Bonchev–Trinajstić information content (AvgIpc) is 2.68. The fourth-order valence-corrected chi connectivity index (χ4v) is 2.94. The third kappa shape index (κ3) is 4.91. The minimum absolute atomic E-state index is 0.0682. The second-order valence-corrected chi connectivity index (χ2v) is 6.47. The summed E-state index contributed by atoms with van der Waals surface area (Å²) in [5, 5.41) is 4.80. The molecule has 2 amide bonds. The number of hydrogen-bond donors (Lipinski definition) is 1. The number of likely N-dealkylation sites (N-methyl/N-ethyl adjacent to an activating group) is 1. The summed E-state index contributed by atoms with van der Waals surface area (Å²) in [6.07, 6.45) is 0.219. The lowest BCUT2D eigenvalue weighted by Gasteiger charge is -2.17. The van der Waals surface area contributed by atoms with E-state index < -0.39 is 0 Å². The topological polar surface area (TPSA) is 49.4 Å². The zero-order valence-electron chi connectivity index (χ0n) is 15.1. The largest absolute Gasteiger partial charge is 0.347 e. The second-order valence-electron chi connectivity index (χ2n) is 6.47. The molecule has 0 saturated carbocycles. The molecule has 0 aromatic heterocycles. The Labute approximate surface area is 157 Å². The van der Waals surface area contributed by atoms with E-state index in [0.717, 1.165) is 21.9 Å².